The lowest BCUT2D eigenvalue weighted by Crippen LogP contribution is -2.43. The number of hydrogen-bond acceptors (Lipinski definition) is 1. The Kier molecular flexibility index (Phi) is 4.50. The van der Waals surface area contributed by atoms with Gasteiger partial charge < -0.3 is 5.32 Å². The monoisotopic (exact) mass is 309 g/mol. The van der Waals surface area contributed by atoms with Crippen LogP contribution < -0.4 is 5.32 Å². The van der Waals surface area contributed by atoms with Crippen molar-refractivity contribution in [1.82, 2.24) is 5.32 Å². The molecule has 1 saturated carbocycles. The topological polar surface area (TPSA) is 12.0 Å². The summed E-state index contributed by atoms with van der Waals surface area (Å²) < 4.78 is 1.23. The minimum atomic E-state index is 0.440. The second-order valence-corrected chi connectivity index (χ2v) is 7.12. The van der Waals surface area contributed by atoms with Gasteiger partial charge in [0, 0.05) is 17.1 Å². The fourth-order valence-corrected chi connectivity index (χ4v) is 3.53. The normalized spacial score (nSPS) is 23.0. The second-order valence-electron chi connectivity index (χ2n) is 6.26. The van der Waals surface area contributed by atoms with Crippen LogP contribution in [0.1, 0.15) is 50.7 Å². The summed E-state index contributed by atoms with van der Waals surface area (Å²) in [5.41, 5.74) is 3.11. The van der Waals surface area contributed by atoms with Crippen LogP contribution in [0.5, 0.6) is 0 Å². The minimum absolute atomic E-state index is 0.440. The van der Waals surface area contributed by atoms with Crippen LogP contribution in [0.3, 0.4) is 0 Å². The quantitative estimate of drug-likeness (QED) is 0.844. The minimum Gasteiger partial charge on any atom is -0.309 e. The zero-order valence-electron chi connectivity index (χ0n) is 11.7. The molecule has 0 radical (unpaired) electrons. The molecule has 1 nitrogen and oxygen atoms in total. The SMILES string of the molecule is Cc1ccc(CNC2CCCCC2(C)C)c(Br)c1. The Morgan fingerprint density at radius 2 is 2.11 bits per heavy atom. The summed E-state index contributed by atoms with van der Waals surface area (Å²) in [6, 6.07) is 7.26. The van der Waals surface area contributed by atoms with E-state index in [2.05, 4.69) is 60.2 Å². The van der Waals surface area contributed by atoms with Gasteiger partial charge in [-0.3, -0.25) is 0 Å². The predicted molar refractivity (Wildman–Crippen MR) is 81.8 cm³/mol. The molecule has 1 fully saturated rings. The summed E-state index contributed by atoms with van der Waals surface area (Å²) in [7, 11) is 0. The summed E-state index contributed by atoms with van der Waals surface area (Å²) >= 11 is 3.66. The van der Waals surface area contributed by atoms with Gasteiger partial charge in [0.2, 0.25) is 0 Å². The van der Waals surface area contributed by atoms with Crippen LogP contribution in [0.2, 0.25) is 0 Å². The Hall–Kier alpha value is -0.340. The maximum absolute atomic E-state index is 3.76. The molecular weight excluding hydrogens is 286 g/mol. The highest BCUT2D eigenvalue weighted by Crippen LogP contribution is 2.35. The van der Waals surface area contributed by atoms with Crippen LogP contribution in [0, 0.1) is 12.3 Å². The Morgan fingerprint density at radius 3 is 2.78 bits per heavy atom. The first kappa shape index (κ1) is 14.1. The lowest BCUT2D eigenvalue weighted by molar-refractivity contribution is 0.166. The molecule has 1 aromatic rings. The van der Waals surface area contributed by atoms with Gasteiger partial charge in [0.15, 0.2) is 0 Å². The van der Waals surface area contributed by atoms with Crippen molar-refractivity contribution >= 4 is 15.9 Å². The van der Waals surface area contributed by atoms with Gasteiger partial charge in [0.05, 0.1) is 0 Å². The molecule has 0 amide bonds. The highest BCUT2D eigenvalue weighted by molar-refractivity contribution is 9.10. The van der Waals surface area contributed by atoms with E-state index in [0.29, 0.717) is 11.5 Å². The number of hydrogen-bond donors (Lipinski definition) is 1. The zero-order chi connectivity index (χ0) is 13.2. The van der Waals surface area contributed by atoms with E-state index in [1.165, 1.54) is 41.3 Å². The van der Waals surface area contributed by atoms with Crippen LogP contribution in [-0.4, -0.2) is 6.04 Å². The molecule has 100 valence electrons. The first-order valence-corrected chi connectivity index (χ1v) is 7.77. The van der Waals surface area contributed by atoms with E-state index >= 15 is 0 Å². The van der Waals surface area contributed by atoms with Crippen molar-refractivity contribution < 1.29 is 0 Å². The molecular formula is C16H24BrN. The van der Waals surface area contributed by atoms with E-state index in [9.17, 15) is 0 Å². The molecule has 1 aliphatic rings. The second kappa shape index (κ2) is 5.75. The molecule has 0 heterocycles. The Bertz CT molecular complexity index is 412. The number of halogens is 1. The number of aryl methyl sites for hydroxylation is 1. The maximum Gasteiger partial charge on any atom is 0.0222 e. The molecule has 18 heavy (non-hydrogen) atoms. The summed E-state index contributed by atoms with van der Waals surface area (Å²) in [5.74, 6) is 0. The summed E-state index contributed by atoms with van der Waals surface area (Å²) in [4.78, 5) is 0. The average molecular weight is 310 g/mol. The van der Waals surface area contributed by atoms with Gasteiger partial charge in [-0.2, -0.15) is 0 Å². The molecule has 0 bridgehead atoms. The van der Waals surface area contributed by atoms with Crippen LogP contribution in [0.25, 0.3) is 0 Å². The van der Waals surface area contributed by atoms with Crippen LogP contribution in [0.15, 0.2) is 22.7 Å². The molecule has 1 aliphatic carbocycles. The fourth-order valence-electron chi connectivity index (χ4n) is 2.90. The number of benzene rings is 1. The fraction of sp³-hybridized carbons (Fsp3) is 0.625. The predicted octanol–water partition coefficient (Wildman–Crippen LogP) is 4.82. The van der Waals surface area contributed by atoms with Crippen LogP contribution in [-0.2, 0) is 6.54 Å². The zero-order valence-corrected chi connectivity index (χ0v) is 13.3. The van der Waals surface area contributed by atoms with Crippen molar-refractivity contribution in [2.45, 2.75) is 59.0 Å². The molecule has 1 N–H and O–H groups in total. The van der Waals surface area contributed by atoms with Crippen LogP contribution in [0.4, 0.5) is 0 Å². The van der Waals surface area contributed by atoms with E-state index in [1.54, 1.807) is 0 Å². The van der Waals surface area contributed by atoms with E-state index in [-0.39, 0.29) is 0 Å². The van der Waals surface area contributed by atoms with Gasteiger partial charge in [-0.25, -0.2) is 0 Å². The van der Waals surface area contributed by atoms with Gasteiger partial charge in [-0.15, -0.1) is 0 Å². The molecule has 0 aliphatic heterocycles. The first-order valence-electron chi connectivity index (χ1n) is 6.97. The molecule has 1 unspecified atom stereocenters. The standard InChI is InChI=1S/C16H24BrN/c1-12-7-8-13(14(17)10-12)11-18-15-6-4-5-9-16(15,2)3/h7-8,10,15,18H,4-6,9,11H2,1-3H3. The molecule has 1 atom stereocenters. The highest BCUT2D eigenvalue weighted by Gasteiger charge is 2.31. The number of nitrogens with one attached hydrogen (secondary N) is 1. The van der Waals surface area contributed by atoms with E-state index < -0.39 is 0 Å². The molecule has 0 saturated heterocycles. The van der Waals surface area contributed by atoms with Gasteiger partial charge >= 0.3 is 0 Å². The van der Waals surface area contributed by atoms with E-state index in [1.807, 2.05) is 0 Å². The van der Waals surface area contributed by atoms with Crippen LogP contribution >= 0.6 is 15.9 Å². The molecule has 0 spiro atoms. The molecule has 0 aromatic heterocycles. The third-order valence-electron chi connectivity index (χ3n) is 4.25. The van der Waals surface area contributed by atoms with Crippen molar-refractivity contribution in [1.29, 1.82) is 0 Å². The average Bonchev–Trinajstić information content (AvgIpc) is 2.29. The van der Waals surface area contributed by atoms with Crippen molar-refractivity contribution in [2.75, 3.05) is 0 Å². The van der Waals surface area contributed by atoms with Crippen molar-refractivity contribution in [3.8, 4) is 0 Å². The Morgan fingerprint density at radius 1 is 1.33 bits per heavy atom. The summed E-state index contributed by atoms with van der Waals surface area (Å²) in [5, 5.41) is 3.76. The lowest BCUT2D eigenvalue weighted by Gasteiger charge is -2.39. The third-order valence-corrected chi connectivity index (χ3v) is 4.99. The van der Waals surface area contributed by atoms with Crippen molar-refractivity contribution in [3.05, 3.63) is 33.8 Å². The van der Waals surface area contributed by atoms with Crippen molar-refractivity contribution in [2.24, 2.45) is 5.41 Å². The smallest absolute Gasteiger partial charge is 0.0222 e. The van der Waals surface area contributed by atoms with E-state index in [4.69, 9.17) is 0 Å². The van der Waals surface area contributed by atoms with Gasteiger partial charge in [0.1, 0.15) is 0 Å². The molecule has 2 rings (SSSR count). The maximum atomic E-state index is 3.76. The largest absolute Gasteiger partial charge is 0.309 e. The summed E-state index contributed by atoms with van der Waals surface area (Å²) in [6.45, 7) is 7.89. The summed E-state index contributed by atoms with van der Waals surface area (Å²) in [6.07, 6.45) is 5.42. The first-order chi connectivity index (χ1) is 8.49. The van der Waals surface area contributed by atoms with E-state index in [0.717, 1.165) is 6.54 Å². The third kappa shape index (κ3) is 3.36. The van der Waals surface area contributed by atoms with Crippen molar-refractivity contribution in [3.63, 3.8) is 0 Å². The Labute approximate surface area is 119 Å². The van der Waals surface area contributed by atoms with Gasteiger partial charge in [-0.05, 0) is 42.4 Å². The molecule has 1 aromatic carbocycles. The molecule has 2 heteroatoms. The van der Waals surface area contributed by atoms with Gasteiger partial charge in [0.25, 0.3) is 0 Å². The highest BCUT2D eigenvalue weighted by atomic mass is 79.9. The number of rotatable bonds is 3. The Balaban J connectivity index is 1.98. The van der Waals surface area contributed by atoms with Gasteiger partial charge in [-0.1, -0.05) is 54.8 Å². The lowest BCUT2D eigenvalue weighted by atomic mass is 9.73.